The molecule has 0 aromatic heterocycles. The van der Waals surface area contributed by atoms with Crippen LogP contribution in [0.4, 0.5) is 0 Å². The van der Waals surface area contributed by atoms with Gasteiger partial charge in [0.15, 0.2) is 0 Å². The van der Waals surface area contributed by atoms with Crippen molar-refractivity contribution in [3.63, 3.8) is 0 Å². The topological polar surface area (TPSA) is 33.6 Å². The van der Waals surface area contributed by atoms with Crippen molar-refractivity contribution in [2.24, 2.45) is 5.73 Å². The molecule has 3 heteroatoms. The van der Waals surface area contributed by atoms with Crippen molar-refractivity contribution < 1.29 is 0 Å². The number of allylic oxidation sites excluding steroid dienone is 1. The number of nitrogens with zero attached hydrogens (tertiary/aromatic N) is 2. The van der Waals surface area contributed by atoms with Crippen molar-refractivity contribution in [2.75, 3.05) is 0 Å². The van der Waals surface area contributed by atoms with Gasteiger partial charge in [0.1, 0.15) is 6.04 Å². The lowest BCUT2D eigenvalue weighted by atomic mass is 10.4. The van der Waals surface area contributed by atoms with E-state index in [0.29, 0.717) is 5.70 Å². The van der Waals surface area contributed by atoms with Gasteiger partial charge in [-0.1, -0.05) is 0 Å². The van der Waals surface area contributed by atoms with Gasteiger partial charge in [0, 0.05) is 5.70 Å². The minimum absolute atomic E-state index is 0.253. The fourth-order valence-corrected chi connectivity index (χ4v) is 0.524. The Hall–Kier alpha value is -1.17. The molecule has 0 radical (unpaired) electrons. The van der Waals surface area contributed by atoms with E-state index in [-0.39, 0.29) is 6.04 Å². The Balaban J connectivity index is 4.13. The minimum atomic E-state index is 0.253. The third kappa shape index (κ3) is 2.98. The Kier molecular flexibility index (Phi) is 3.34. The maximum absolute atomic E-state index is 5.41. The Labute approximate surface area is 61.9 Å². The quantitative estimate of drug-likeness (QED) is 0.588. The molecule has 0 heterocycles. The second-order valence-corrected chi connectivity index (χ2v) is 2.46. The van der Waals surface area contributed by atoms with Crippen LogP contribution in [0.15, 0.2) is 11.9 Å². The first-order chi connectivity index (χ1) is 4.57. The van der Waals surface area contributed by atoms with E-state index in [0.717, 1.165) is 0 Å². The lowest BCUT2D eigenvalue weighted by molar-refractivity contribution is 0.410. The summed E-state index contributed by atoms with van der Waals surface area (Å²) >= 11 is 0. The van der Waals surface area contributed by atoms with Gasteiger partial charge in [-0.3, -0.25) is 0 Å². The predicted octanol–water partition coefficient (Wildman–Crippen LogP) is 1.39. The van der Waals surface area contributed by atoms with Gasteiger partial charge in [-0.2, -0.15) is 0 Å². The molecule has 56 valence electrons. The second-order valence-electron chi connectivity index (χ2n) is 2.46. The number of rotatable bonds is 2. The summed E-state index contributed by atoms with van der Waals surface area (Å²) in [5.74, 6) is 0. The standard InChI is InChI=1S/C7H14N3/c1-6(2)10(9-4)5-7(3)8/h4-6H,8H2,1-3H3/q+1/b7-5-. The highest BCUT2D eigenvalue weighted by Gasteiger charge is 2.10. The lowest BCUT2D eigenvalue weighted by Crippen LogP contribution is -2.18. The zero-order valence-electron chi connectivity index (χ0n) is 6.70. The molecule has 0 aliphatic heterocycles. The molecule has 10 heavy (non-hydrogen) atoms. The summed E-state index contributed by atoms with van der Waals surface area (Å²) in [5.41, 5.74) is 6.11. The molecule has 0 aliphatic carbocycles. The molecule has 0 amide bonds. The Morgan fingerprint density at radius 1 is 1.70 bits per heavy atom. The van der Waals surface area contributed by atoms with Gasteiger partial charge in [0.05, 0.1) is 11.2 Å². The highest BCUT2D eigenvalue weighted by atomic mass is 15.4. The highest BCUT2D eigenvalue weighted by molar-refractivity contribution is 4.94. The first-order valence-corrected chi connectivity index (χ1v) is 3.21. The first-order valence-electron chi connectivity index (χ1n) is 3.21. The summed E-state index contributed by atoms with van der Waals surface area (Å²) in [7, 11) is 0. The van der Waals surface area contributed by atoms with Crippen molar-refractivity contribution in [1.82, 2.24) is 5.01 Å². The van der Waals surface area contributed by atoms with Crippen molar-refractivity contribution >= 4 is 0 Å². The van der Waals surface area contributed by atoms with E-state index in [1.54, 1.807) is 18.1 Å². The van der Waals surface area contributed by atoms with Crippen molar-refractivity contribution in [3.8, 4) is 6.57 Å². The normalized spacial score (nSPS) is 11.3. The average molecular weight is 140 g/mol. The SMILES string of the molecule is C#[N+]N(/C=C(/C)N)C(C)C. The Morgan fingerprint density at radius 2 is 2.20 bits per heavy atom. The monoisotopic (exact) mass is 140 g/mol. The molecular weight excluding hydrogens is 126 g/mol. The van der Waals surface area contributed by atoms with Crippen LogP contribution in [0.2, 0.25) is 0 Å². The minimum Gasteiger partial charge on any atom is -0.401 e. The molecule has 0 rings (SSSR count). The number of hydrogen-bond donors (Lipinski definition) is 1. The maximum atomic E-state index is 5.41. The summed E-state index contributed by atoms with van der Waals surface area (Å²) in [5, 5.41) is 1.61. The van der Waals surface area contributed by atoms with E-state index in [1.165, 1.54) is 0 Å². The van der Waals surface area contributed by atoms with Gasteiger partial charge in [-0.15, -0.1) is 0 Å². The van der Waals surface area contributed by atoms with E-state index in [1.807, 2.05) is 13.8 Å². The molecule has 0 bridgehead atoms. The molecule has 2 N–H and O–H groups in total. The first kappa shape index (κ1) is 8.83. The molecule has 0 aromatic carbocycles. The van der Waals surface area contributed by atoms with Crippen molar-refractivity contribution in [1.29, 1.82) is 0 Å². The van der Waals surface area contributed by atoms with Crippen LogP contribution in [0.5, 0.6) is 0 Å². The van der Waals surface area contributed by atoms with E-state index in [9.17, 15) is 0 Å². The molecule has 0 fully saturated rings. The van der Waals surface area contributed by atoms with Crippen LogP contribution in [0.25, 0.3) is 4.95 Å². The smallest absolute Gasteiger partial charge is 0.305 e. The van der Waals surface area contributed by atoms with Gasteiger partial charge < -0.3 is 5.73 Å². The maximum Gasteiger partial charge on any atom is 0.305 e. The van der Waals surface area contributed by atoms with E-state index < -0.39 is 0 Å². The molecular formula is C7H14N3+. The van der Waals surface area contributed by atoms with Crippen LogP contribution in [0.1, 0.15) is 20.8 Å². The number of nitrogens with two attached hydrogens (primary N) is 1. The second kappa shape index (κ2) is 3.78. The van der Waals surface area contributed by atoms with Gasteiger partial charge in [0.2, 0.25) is 0 Å². The fourth-order valence-electron chi connectivity index (χ4n) is 0.524. The third-order valence-electron chi connectivity index (χ3n) is 0.998. The summed E-state index contributed by atoms with van der Waals surface area (Å²) in [6.07, 6.45) is 1.70. The zero-order valence-corrected chi connectivity index (χ0v) is 6.70. The van der Waals surface area contributed by atoms with Crippen LogP contribution in [-0.2, 0) is 0 Å². The van der Waals surface area contributed by atoms with Crippen LogP contribution in [0.3, 0.4) is 0 Å². The third-order valence-corrected chi connectivity index (χ3v) is 0.998. The number of hydrogen-bond acceptors (Lipinski definition) is 2. The van der Waals surface area contributed by atoms with E-state index >= 15 is 0 Å². The summed E-state index contributed by atoms with van der Waals surface area (Å²) in [6.45, 7) is 10.8. The molecule has 0 saturated heterocycles. The van der Waals surface area contributed by atoms with Crippen LogP contribution in [-0.4, -0.2) is 11.1 Å². The van der Waals surface area contributed by atoms with Crippen molar-refractivity contribution in [3.05, 3.63) is 16.9 Å². The molecule has 0 saturated carbocycles. The van der Waals surface area contributed by atoms with Crippen LogP contribution in [0, 0.1) is 6.57 Å². The molecule has 3 nitrogen and oxygen atoms in total. The van der Waals surface area contributed by atoms with Crippen LogP contribution < -0.4 is 5.73 Å². The molecule has 0 unspecified atom stereocenters. The van der Waals surface area contributed by atoms with Gasteiger partial charge >= 0.3 is 6.57 Å². The lowest BCUT2D eigenvalue weighted by Gasteiger charge is -2.04. The van der Waals surface area contributed by atoms with E-state index in [4.69, 9.17) is 12.3 Å². The fraction of sp³-hybridized carbons (Fsp3) is 0.571. The summed E-state index contributed by atoms with van der Waals surface area (Å²) in [4.78, 5) is 3.50. The highest BCUT2D eigenvalue weighted by Crippen LogP contribution is 2.00. The predicted molar refractivity (Wildman–Crippen MR) is 43.2 cm³/mol. The summed E-state index contributed by atoms with van der Waals surface area (Å²) in [6, 6.07) is 0.253. The molecule has 0 aliphatic rings. The van der Waals surface area contributed by atoms with Gasteiger partial charge in [-0.05, 0) is 25.8 Å². The molecule has 0 aromatic rings. The van der Waals surface area contributed by atoms with Crippen LogP contribution >= 0.6 is 0 Å². The van der Waals surface area contributed by atoms with Crippen molar-refractivity contribution in [2.45, 2.75) is 26.8 Å². The Bertz CT molecular complexity index is 160. The zero-order chi connectivity index (χ0) is 8.15. The molecule has 0 spiro atoms. The average Bonchev–Trinajstić information content (AvgIpc) is 1.81. The largest absolute Gasteiger partial charge is 0.401 e. The Morgan fingerprint density at radius 3 is 2.30 bits per heavy atom. The van der Waals surface area contributed by atoms with Gasteiger partial charge in [-0.25, -0.2) is 0 Å². The molecule has 0 atom stereocenters. The summed E-state index contributed by atoms with van der Waals surface area (Å²) < 4.78 is 0. The van der Waals surface area contributed by atoms with Gasteiger partial charge in [0.25, 0.3) is 0 Å². The van der Waals surface area contributed by atoms with E-state index in [2.05, 4.69) is 4.95 Å².